The zero-order chi connectivity index (χ0) is 6.95. The van der Waals surface area contributed by atoms with E-state index >= 15 is 0 Å². The van der Waals surface area contributed by atoms with Gasteiger partial charge >= 0.3 is 0 Å². The Morgan fingerprint density at radius 2 is 2.22 bits per heavy atom. The minimum atomic E-state index is -0.282. The first-order chi connectivity index (χ1) is 4.41. The molecule has 0 bridgehead atoms. The first-order valence-electron chi connectivity index (χ1n) is 2.79. The third-order valence-electron chi connectivity index (χ3n) is 0.708. The zero-order valence-electron chi connectivity index (χ0n) is 5.54. The van der Waals surface area contributed by atoms with E-state index in [0.717, 1.165) is 0 Å². The molecule has 0 aliphatic carbocycles. The second kappa shape index (κ2) is 7.62. The van der Waals surface area contributed by atoms with Crippen LogP contribution in [0.1, 0.15) is 6.92 Å². The smallest absolute Gasteiger partial charge is 0.149 e. The van der Waals surface area contributed by atoms with E-state index in [0.29, 0.717) is 6.61 Å². The van der Waals surface area contributed by atoms with Crippen LogP contribution in [0.3, 0.4) is 0 Å². The average Bonchev–Trinajstić information content (AvgIpc) is 1.89. The second-order valence-electron chi connectivity index (χ2n) is 1.39. The molecule has 0 aliphatic heterocycles. The molecule has 0 spiro atoms. The van der Waals surface area contributed by atoms with Crippen LogP contribution in [0, 0.1) is 0 Å². The molecule has 3 heteroatoms. The molecular formula is C6H12O3. The lowest BCUT2D eigenvalue weighted by Crippen LogP contribution is -2.00. The molecule has 0 fully saturated rings. The van der Waals surface area contributed by atoms with Crippen LogP contribution >= 0.6 is 0 Å². The van der Waals surface area contributed by atoms with Crippen LogP contribution in [-0.4, -0.2) is 25.3 Å². The Morgan fingerprint density at radius 1 is 1.44 bits per heavy atom. The molecule has 0 heterocycles. The number of ether oxygens (including phenoxy) is 2. The third-order valence-corrected chi connectivity index (χ3v) is 0.708. The Kier molecular flexibility index (Phi) is 7.30. The molecule has 0 aromatic heterocycles. The molecule has 0 rings (SSSR count). The minimum Gasteiger partial charge on any atom is -0.371 e. The van der Waals surface area contributed by atoms with Gasteiger partial charge in [-0.25, -0.2) is 0 Å². The average molecular weight is 132 g/mol. The Hall–Kier alpha value is -0.380. The van der Waals surface area contributed by atoms with Crippen molar-refractivity contribution in [2.45, 2.75) is 6.92 Å². The summed E-state index contributed by atoms with van der Waals surface area (Å²) in [5.41, 5.74) is 0. The molecule has 0 aromatic rings. The molecule has 54 valence electrons. The van der Waals surface area contributed by atoms with Crippen LogP contribution in [0.2, 0.25) is 0 Å². The highest BCUT2D eigenvalue weighted by Gasteiger charge is 1.79. The molecule has 9 heavy (non-hydrogen) atoms. The molecule has 0 atom stereocenters. The van der Waals surface area contributed by atoms with Crippen molar-refractivity contribution < 1.29 is 14.6 Å². The SMILES string of the molecule is C/C=C/COCOCO. The molecule has 0 radical (unpaired) electrons. The van der Waals surface area contributed by atoms with Gasteiger partial charge in [-0.1, -0.05) is 12.2 Å². The topological polar surface area (TPSA) is 38.7 Å². The van der Waals surface area contributed by atoms with Crippen LogP contribution in [0.4, 0.5) is 0 Å². The highest BCUT2D eigenvalue weighted by atomic mass is 16.7. The monoisotopic (exact) mass is 132 g/mol. The van der Waals surface area contributed by atoms with E-state index in [2.05, 4.69) is 4.74 Å². The van der Waals surface area contributed by atoms with Gasteiger partial charge in [0.2, 0.25) is 0 Å². The van der Waals surface area contributed by atoms with Gasteiger partial charge in [-0.15, -0.1) is 0 Å². The maximum Gasteiger partial charge on any atom is 0.149 e. The normalized spacial score (nSPS) is 10.9. The Balaban J connectivity index is 2.75. The molecule has 0 saturated heterocycles. The number of aliphatic hydroxyl groups is 1. The van der Waals surface area contributed by atoms with E-state index in [-0.39, 0.29) is 13.6 Å². The Labute approximate surface area is 54.9 Å². The van der Waals surface area contributed by atoms with Crippen molar-refractivity contribution in [1.29, 1.82) is 0 Å². The highest BCUT2D eigenvalue weighted by molar-refractivity contribution is 4.75. The summed E-state index contributed by atoms with van der Waals surface area (Å²) in [7, 11) is 0. The van der Waals surface area contributed by atoms with Crippen molar-refractivity contribution in [3.63, 3.8) is 0 Å². The number of allylic oxidation sites excluding steroid dienone is 1. The van der Waals surface area contributed by atoms with Crippen molar-refractivity contribution in [2.24, 2.45) is 0 Å². The van der Waals surface area contributed by atoms with Gasteiger partial charge in [0.25, 0.3) is 0 Å². The lowest BCUT2D eigenvalue weighted by molar-refractivity contribution is -0.101. The van der Waals surface area contributed by atoms with Crippen LogP contribution in [0.5, 0.6) is 0 Å². The van der Waals surface area contributed by atoms with Gasteiger partial charge in [-0.2, -0.15) is 0 Å². The summed E-state index contributed by atoms with van der Waals surface area (Å²) in [4.78, 5) is 0. The van der Waals surface area contributed by atoms with Crippen molar-refractivity contribution >= 4 is 0 Å². The fourth-order valence-electron chi connectivity index (χ4n) is 0.309. The van der Waals surface area contributed by atoms with E-state index < -0.39 is 0 Å². The summed E-state index contributed by atoms with van der Waals surface area (Å²) in [5, 5.41) is 8.10. The largest absolute Gasteiger partial charge is 0.371 e. The van der Waals surface area contributed by atoms with Crippen LogP contribution in [0.15, 0.2) is 12.2 Å². The van der Waals surface area contributed by atoms with Gasteiger partial charge in [-0.3, -0.25) is 0 Å². The van der Waals surface area contributed by atoms with Crippen LogP contribution in [-0.2, 0) is 9.47 Å². The number of aliphatic hydroxyl groups excluding tert-OH is 1. The predicted molar refractivity (Wildman–Crippen MR) is 33.8 cm³/mol. The van der Waals surface area contributed by atoms with E-state index in [1.807, 2.05) is 19.1 Å². The Morgan fingerprint density at radius 3 is 2.78 bits per heavy atom. The second-order valence-corrected chi connectivity index (χ2v) is 1.39. The fraction of sp³-hybridized carbons (Fsp3) is 0.667. The standard InChI is InChI=1S/C6H12O3/c1-2-3-4-8-6-9-5-7/h2-3,7H,4-6H2,1H3/b3-2+. The van der Waals surface area contributed by atoms with Gasteiger partial charge in [-0.05, 0) is 6.92 Å². The molecule has 0 amide bonds. The highest BCUT2D eigenvalue weighted by Crippen LogP contribution is 1.77. The molecule has 0 aromatic carbocycles. The van der Waals surface area contributed by atoms with Crippen molar-refractivity contribution in [1.82, 2.24) is 0 Å². The van der Waals surface area contributed by atoms with Gasteiger partial charge in [0.1, 0.15) is 13.6 Å². The van der Waals surface area contributed by atoms with E-state index in [1.54, 1.807) is 0 Å². The first kappa shape index (κ1) is 8.62. The number of hydrogen-bond donors (Lipinski definition) is 1. The Bertz CT molecular complexity index is 70.7. The summed E-state index contributed by atoms with van der Waals surface area (Å²) in [5.74, 6) is 0. The molecule has 0 aliphatic rings. The molecular weight excluding hydrogens is 120 g/mol. The summed E-state index contributed by atoms with van der Waals surface area (Å²) < 4.78 is 9.32. The van der Waals surface area contributed by atoms with Crippen LogP contribution in [0.25, 0.3) is 0 Å². The summed E-state index contributed by atoms with van der Waals surface area (Å²) in [6.07, 6.45) is 3.75. The predicted octanol–water partition coefficient (Wildman–Crippen LogP) is 0.503. The molecule has 1 N–H and O–H groups in total. The van der Waals surface area contributed by atoms with Crippen LogP contribution < -0.4 is 0 Å². The van der Waals surface area contributed by atoms with E-state index in [1.165, 1.54) is 0 Å². The minimum absolute atomic E-state index is 0.154. The van der Waals surface area contributed by atoms with Crippen molar-refractivity contribution in [2.75, 3.05) is 20.2 Å². The molecule has 0 unspecified atom stereocenters. The first-order valence-corrected chi connectivity index (χ1v) is 2.79. The maximum absolute atomic E-state index is 8.10. The third kappa shape index (κ3) is 7.62. The molecule has 0 saturated carbocycles. The maximum atomic E-state index is 8.10. The van der Waals surface area contributed by atoms with Gasteiger partial charge in [0.15, 0.2) is 0 Å². The summed E-state index contributed by atoms with van der Waals surface area (Å²) in [6.45, 7) is 2.32. The number of rotatable bonds is 5. The fourth-order valence-corrected chi connectivity index (χ4v) is 0.309. The van der Waals surface area contributed by atoms with E-state index in [4.69, 9.17) is 9.84 Å². The van der Waals surface area contributed by atoms with Crippen molar-refractivity contribution in [3.05, 3.63) is 12.2 Å². The van der Waals surface area contributed by atoms with Gasteiger partial charge in [0, 0.05) is 0 Å². The van der Waals surface area contributed by atoms with Gasteiger partial charge < -0.3 is 14.6 Å². The number of hydrogen-bond acceptors (Lipinski definition) is 3. The zero-order valence-corrected chi connectivity index (χ0v) is 5.54. The van der Waals surface area contributed by atoms with E-state index in [9.17, 15) is 0 Å². The summed E-state index contributed by atoms with van der Waals surface area (Å²) in [6, 6.07) is 0. The lowest BCUT2D eigenvalue weighted by atomic mass is 10.6. The quantitative estimate of drug-likeness (QED) is 0.336. The van der Waals surface area contributed by atoms with Crippen molar-refractivity contribution in [3.8, 4) is 0 Å². The lowest BCUT2D eigenvalue weighted by Gasteiger charge is -1.97. The van der Waals surface area contributed by atoms with Gasteiger partial charge in [0.05, 0.1) is 6.61 Å². The summed E-state index contributed by atoms with van der Waals surface area (Å²) >= 11 is 0. The molecule has 3 nitrogen and oxygen atoms in total.